The van der Waals surface area contributed by atoms with E-state index in [1.54, 1.807) is 6.07 Å². The highest BCUT2D eigenvalue weighted by Gasteiger charge is 2.13. The monoisotopic (exact) mass is 276 g/mol. The zero-order valence-corrected chi connectivity index (χ0v) is 11.4. The summed E-state index contributed by atoms with van der Waals surface area (Å²) in [4.78, 5) is 12.6. The van der Waals surface area contributed by atoms with E-state index in [9.17, 15) is 4.79 Å². The van der Waals surface area contributed by atoms with Gasteiger partial charge in [-0.05, 0) is 25.5 Å². The molecule has 1 aromatic rings. The molecule has 0 fully saturated rings. The number of nitrogens with one attached hydrogen (secondary N) is 2. The number of carbonyl (C=O) groups excluding carboxylic acids is 1. The number of thiophene rings is 1. The number of amides is 2. The topological polar surface area (TPSA) is 61.4 Å². The fourth-order valence-corrected chi connectivity index (χ4v) is 2.40. The SMILES string of the molecule is CC[C@H](CO)NC(=O)N[C@@H](C)c1ccc(Cl)s1. The Labute approximate surface area is 110 Å². The lowest BCUT2D eigenvalue weighted by Crippen LogP contribution is -2.44. The van der Waals surface area contributed by atoms with Gasteiger partial charge in [-0.15, -0.1) is 11.3 Å². The van der Waals surface area contributed by atoms with Crippen molar-refractivity contribution < 1.29 is 9.90 Å². The number of carbonyl (C=O) groups is 1. The number of rotatable bonds is 5. The highest BCUT2D eigenvalue weighted by molar-refractivity contribution is 7.16. The predicted molar refractivity (Wildman–Crippen MR) is 70.6 cm³/mol. The zero-order chi connectivity index (χ0) is 12.8. The molecule has 1 heterocycles. The Morgan fingerprint density at radius 3 is 2.71 bits per heavy atom. The van der Waals surface area contributed by atoms with Gasteiger partial charge in [0.15, 0.2) is 0 Å². The molecule has 96 valence electrons. The molecule has 0 aliphatic rings. The van der Waals surface area contributed by atoms with Gasteiger partial charge in [0.1, 0.15) is 0 Å². The van der Waals surface area contributed by atoms with Crippen molar-refractivity contribution in [1.82, 2.24) is 10.6 Å². The van der Waals surface area contributed by atoms with Crippen molar-refractivity contribution in [3.8, 4) is 0 Å². The van der Waals surface area contributed by atoms with Crippen LogP contribution in [0.4, 0.5) is 4.79 Å². The van der Waals surface area contributed by atoms with Crippen LogP contribution in [-0.2, 0) is 0 Å². The molecule has 3 N–H and O–H groups in total. The first-order chi connectivity index (χ1) is 8.06. The van der Waals surface area contributed by atoms with Gasteiger partial charge in [-0.1, -0.05) is 18.5 Å². The molecule has 0 saturated heterocycles. The van der Waals surface area contributed by atoms with Crippen LogP contribution in [0.1, 0.15) is 31.2 Å². The van der Waals surface area contributed by atoms with Gasteiger partial charge in [-0.3, -0.25) is 0 Å². The molecule has 1 aromatic heterocycles. The Balaban J connectivity index is 2.45. The standard InChI is InChI=1S/C11H17ClN2O2S/c1-3-8(6-15)14-11(16)13-7(2)9-4-5-10(12)17-9/h4-5,7-8,15H,3,6H2,1-2H3,(H2,13,14,16)/t7-,8+/m0/s1. The van der Waals surface area contributed by atoms with Crippen molar-refractivity contribution in [1.29, 1.82) is 0 Å². The van der Waals surface area contributed by atoms with Crippen molar-refractivity contribution in [2.75, 3.05) is 6.61 Å². The average molecular weight is 277 g/mol. The Kier molecular flexibility index (Phi) is 5.74. The maximum atomic E-state index is 11.6. The van der Waals surface area contributed by atoms with E-state index < -0.39 is 0 Å². The van der Waals surface area contributed by atoms with Crippen LogP contribution in [0.2, 0.25) is 4.34 Å². The van der Waals surface area contributed by atoms with Crippen molar-refractivity contribution in [2.24, 2.45) is 0 Å². The highest BCUT2D eigenvalue weighted by Crippen LogP contribution is 2.26. The summed E-state index contributed by atoms with van der Waals surface area (Å²) in [6, 6.07) is 3.13. The summed E-state index contributed by atoms with van der Waals surface area (Å²) in [6.07, 6.45) is 0.698. The van der Waals surface area contributed by atoms with Gasteiger partial charge in [-0.2, -0.15) is 0 Å². The van der Waals surface area contributed by atoms with Crippen LogP contribution in [-0.4, -0.2) is 23.8 Å². The molecule has 4 nitrogen and oxygen atoms in total. The van der Waals surface area contributed by atoms with E-state index >= 15 is 0 Å². The van der Waals surface area contributed by atoms with E-state index in [1.807, 2.05) is 19.9 Å². The maximum absolute atomic E-state index is 11.6. The Morgan fingerprint density at radius 2 is 2.24 bits per heavy atom. The molecule has 17 heavy (non-hydrogen) atoms. The molecule has 0 saturated carbocycles. The molecule has 2 amide bonds. The molecular formula is C11H17ClN2O2S. The lowest BCUT2D eigenvalue weighted by atomic mass is 10.2. The third-order valence-electron chi connectivity index (χ3n) is 2.42. The smallest absolute Gasteiger partial charge is 0.315 e. The summed E-state index contributed by atoms with van der Waals surface area (Å²) >= 11 is 7.27. The molecule has 2 atom stereocenters. The minimum atomic E-state index is -0.275. The Morgan fingerprint density at radius 1 is 1.53 bits per heavy atom. The predicted octanol–water partition coefficient (Wildman–Crippen LogP) is 2.53. The van der Waals surface area contributed by atoms with Gasteiger partial charge in [0.05, 0.1) is 23.0 Å². The fourth-order valence-electron chi connectivity index (χ4n) is 1.33. The van der Waals surface area contributed by atoms with Crippen LogP contribution >= 0.6 is 22.9 Å². The maximum Gasteiger partial charge on any atom is 0.315 e. The van der Waals surface area contributed by atoms with E-state index in [-0.39, 0.29) is 24.7 Å². The van der Waals surface area contributed by atoms with Gasteiger partial charge >= 0.3 is 6.03 Å². The number of aliphatic hydroxyl groups is 1. The summed E-state index contributed by atoms with van der Waals surface area (Å²) < 4.78 is 0.704. The quantitative estimate of drug-likeness (QED) is 0.774. The van der Waals surface area contributed by atoms with Crippen LogP contribution < -0.4 is 10.6 Å². The second-order valence-corrected chi connectivity index (χ2v) is 5.52. The van der Waals surface area contributed by atoms with Crippen LogP contribution in [0.15, 0.2) is 12.1 Å². The minimum Gasteiger partial charge on any atom is -0.394 e. The van der Waals surface area contributed by atoms with Crippen molar-refractivity contribution in [2.45, 2.75) is 32.4 Å². The second kappa shape index (κ2) is 6.83. The zero-order valence-electron chi connectivity index (χ0n) is 9.87. The number of halogens is 1. The molecule has 0 bridgehead atoms. The number of hydrogen-bond donors (Lipinski definition) is 3. The molecule has 1 rings (SSSR count). The third-order valence-corrected chi connectivity index (χ3v) is 3.83. The van der Waals surface area contributed by atoms with Crippen LogP contribution in [0, 0.1) is 0 Å². The minimum absolute atomic E-state index is 0.0524. The van der Waals surface area contributed by atoms with Gasteiger partial charge in [0, 0.05) is 4.88 Å². The first-order valence-electron chi connectivity index (χ1n) is 5.50. The summed E-state index contributed by atoms with van der Waals surface area (Å²) in [5.41, 5.74) is 0. The number of urea groups is 1. The van der Waals surface area contributed by atoms with Crippen LogP contribution in [0.3, 0.4) is 0 Å². The van der Waals surface area contributed by atoms with Gasteiger partial charge in [0.25, 0.3) is 0 Å². The van der Waals surface area contributed by atoms with Crippen molar-refractivity contribution >= 4 is 29.0 Å². The van der Waals surface area contributed by atoms with Gasteiger partial charge in [0.2, 0.25) is 0 Å². The molecule has 0 aliphatic heterocycles. The van der Waals surface area contributed by atoms with E-state index in [4.69, 9.17) is 16.7 Å². The van der Waals surface area contributed by atoms with Crippen LogP contribution in [0.5, 0.6) is 0 Å². The van der Waals surface area contributed by atoms with Gasteiger partial charge in [-0.25, -0.2) is 4.79 Å². The van der Waals surface area contributed by atoms with Crippen LogP contribution in [0.25, 0.3) is 0 Å². The van der Waals surface area contributed by atoms with Gasteiger partial charge < -0.3 is 15.7 Å². The van der Waals surface area contributed by atoms with E-state index in [0.29, 0.717) is 10.8 Å². The lowest BCUT2D eigenvalue weighted by molar-refractivity contribution is 0.212. The molecule has 0 aromatic carbocycles. The second-order valence-electron chi connectivity index (χ2n) is 3.77. The average Bonchev–Trinajstić information content (AvgIpc) is 2.72. The normalized spacial score (nSPS) is 14.1. The molecular weight excluding hydrogens is 260 g/mol. The third kappa shape index (κ3) is 4.53. The lowest BCUT2D eigenvalue weighted by Gasteiger charge is -2.17. The Hall–Kier alpha value is -0.780. The molecule has 0 radical (unpaired) electrons. The fraction of sp³-hybridized carbons (Fsp3) is 0.545. The van der Waals surface area contributed by atoms with E-state index in [1.165, 1.54) is 11.3 Å². The van der Waals surface area contributed by atoms with Crippen molar-refractivity contribution in [3.63, 3.8) is 0 Å². The summed E-state index contributed by atoms with van der Waals surface area (Å²) in [5.74, 6) is 0. The summed E-state index contributed by atoms with van der Waals surface area (Å²) in [7, 11) is 0. The molecule has 6 heteroatoms. The summed E-state index contributed by atoms with van der Waals surface area (Å²) in [6.45, 7) is 3.74. The number of hydrogen-bond acceptors (Lipinski definition) is 3. The first kappa shape index (κ1) is 14.3. The summed E-state index contributed by atoms with van der Waals surface area (Å²) in [5, 5.41) is 14.5. The largest absolute Gasteiger partial charge is 0.394 e. The van der Waals surface area contributed by atoms with E-state index in [0.717, 1.165) is 4.88 Å². The first-order valence-corrected chi connectivity index (χ1v) is 6.69. The highest BCUT2D eigenvalue weighted by atomic mass is 35.5. The van der Waals surface area contributed by atoms with E-state index in [2.05, 4.69) is 10.6 Å². The molecule has 0 unspecified atom stereocenters. The molecule has 0 aliphatic carbocycles. The number of aliphatic hydroxyl groups excluding tert-OH is 1. The molecule has 0 spiro atoms. The van der Waals surface area contributed by atoms with Crippen molar-refractivity contribution in [3.05, 3.63) is 21.3 Å². The Bertz CT molecular complexity index is 366.